The molecular formula is C21H21N3O3. The molecule has 0 unspecified atom stereocenters. The highest BCUT2D eigenvalue weighted by Gasteiger charge is 2.23. The van der Waals surface area contributed by atoms with E-state index in [9.17, 15) is 5.11 Å². The summed E-state index contributed by atoms with van der Waals surface area (Å²) in [4.78, 5) is 8.77. The first kappa shape index (κ1) is 17.1. The molecule has 0 aliphatic heterocycles. The second-order valence-corrected chi connectivity index (χ2v) is 6.64. The molecule has 138 valence electrons. The van der Waals surface area contributed by atoms with Gasteiger partial charge < -0.3 is 19.9 Å². The molecule has 4 rings (SSSR count). The summed E-state index contributed by atoms with van der Waals surface area (Å²) in [6, 6.07) is 7.30. The van der Waals surface area contributed by atoms with Crippen LogP contribution in [0, 0.1) is 0 Å². The van der Waals surface area contributed by atoms with Crippen molar-refractivity contribution >= 4 is 28.0 Å². The Morgan fingerprint density at radius 2 is 1.78 bits per heavy atom. The van der Waals surface area contributed by atoms with Gasteiger partial charge in [-0.15, -0.1) is 0 Å². The normalized spacial score (nSPS) is 13.0. The Morgan fingerprint density at radius 1 is 1.04 bits per heavy atom. The summed E-state index contributed by atoms with van der Waals surface area (Å²) in [5, 5.41) is 14.5. The van der Waals surface area contributed by atoms with Crippen LogP contribution < -0.4 is 14.8 Å². The molecule has 0 radical (unpaired) electrons. The molecule has 0 bridgehead atoms. The topological polar surface area (TPSA) is 76.5 Å². The van der Waals surface area contributed by atoms with Gasteiger partial charge in [0.15, 0.2) is 11.5 Å². The number of hydrogen-bond acceptors (Lipinski definition) is 6. The summed E-state index contributed by atoms with van der Waals surface area (Å²) in [5.41, 5.74) is 6.06. The van der Waals surface area contributed by atoms with E-state index in [-0.39, 0.29) is 0 Å². The number of nitrogens with zero attached hydrogens (tertiary/aromatic N) is 2. The third-order valence-corrected chi connectivity index (χ3v) is 5.14. The van der Waals surface area contributed by atoms with Crippen LogP contribution in [0.25, 0.3) is 16.5 Å². The summed E-state index contributed by atoms with van der Waals surface area (Å²) in [6.07, 6.45) is 2.32. The van der Waals surface area contributed by atoms with Gasteiger partial charge in [-0.3, -0.25) is 0 Å². The quantitative estimate of drug-likeness (QED) is 0.667. The van der Waals surface area contributed by atoms with Crippen molar-refractivity contribution in [3.05, 3.63) is 47.3 Å². The summed E-state index contributed by atoms with van der Waals surface area (Å²) < 4.78 is 10.8. The van der Waals surface area contributed by atoms with E-state index in [1.54, 1.807) is 20.3 Å². The lowest BCUT2D eigenvalue weighted by atomic mass is 10.0. The summed E-state index contributed by atoms with van der Waals surface area (Å²) >= 11 is 0. The Labute approximate surface area is 157 Å². The number of aromatic nitrogens is 2. The van der Waals surface area contributed by atoms with Gasteiger partial charge in [-0.25, -0.2) is 9.97 Å². The average Bonchev–Trinajstić information content (AvgIpc) is 2.98. The number of aromatic hydroxyl groups is 1. The van der Waals surface area contributed by atoms with Crippen molar-refractivity contribution in [2.75, 3.05) is 19.5 Å². The molecule has 1 heterocycles. The van der Waals surface area contributed by atoms with Gasteiger partial charge in [-0.1, -0.05) is 5.57 Å². The Morgan fingerprint density at radius 3 is 2.52 bits per heavy atom. The number of phenols is 1. The molecule has 2 aromatic carbocycles. The van der Waals surface area contributed by atoms with Crippen molar-refractivity contribution in [2.45, 2.75) is 20.3 Å². The molecule has 0 fully saturated rings. The molecule has 6 heteroatoms. The van der Waals surface area contributed by atoms with Crippen molar-refractivity contribution in [3.63, 3.8) is 0 Å². The van der Waals surface area contributed by atoms with Gasteiger partial charge in [-0.05, 0) is 49.6 Å². The van der Waals surface area contributed by atoms with Crippen LogP contribution in [0.3, 0.4) is 0 Å². The predicted octanol–water partition coefficient (Wildman–Crippen LogP) is 4.45. The molecule has 1 aromatic heterocycles. The third kappa shape index (κ3) is 2.73. The SMILES string of the molecule is COc1cc2ncnc(Nc3ccc(O)c4c3CC(C)=C4C)c2cc1OC. The molecular weight excluding hydrogens is 342 g/mol. The molecule has 3 aromatic rings. The van der Waals surface area contributed by atoms with Crippen molar-refractivity contribution in [2.24, 2.45) is 0 Å². The van der Waals surface area contributed by atoms with Gasteiger partial charge in [0.1, 0.15) is 17.9 Å². The van der Waals surface area contributed by atoms with Crippen molar-refractivity contribution in [1.82, 2.24) is 9.97 Å². The van der Waals surface area contributed by atoms with Gasteiger partial charge in [-0.2, -0.15) is 0 Å². The molecule has 0 saturated carbocycles. The Bertz CT molecular complexity index is 1090. The number of ether oxygens (including phenoxy) is 2. The highest BCUT2D eigenvalue weighted by atomic mass is 16.5. The standard InChI is InChI=1S/C21H21N3O3/c1-11-7-13-15(5-6-17(25)20(13)12(11)2)24-21-14-8-18(26-3)19(27-4)9-16(14)22-10-23-21/h5-6,8-10,25H,7H2,1-4H3,(H,22,23,24). The van der Waals surface area contributed by atoms with Gasteiger partial charge in [0, 0.05) is 22.7 Å². The van der Waals surface area contributed by atoms with Gasteiger partial charge in [0.2, 0.25) is 0 Å². The molecule has 6 nitrogen and oxygen atoms in total. The van der Waals surface area contributed by atoms with E-state index in [2.05, 4.69) is 22.2 Å². The van der Waals surface area contributed by atoms with Gasteiger partial charge >= 0.3 is 0 Å². The molecule has 0 atom stereocenters. The van der Waals surface area contributed by atoms with Crippen molar-refractivity contribution in [1.29, 1.82) is 0 Å². The van der Waals surface area contributed by atoms with E-state index in [1.165, 1.54) is 11.9 Å². The fraction of sp³-hybridized carbons (Fsp3) is 0.238. The molecule has 0 spiro atoms. The summed E-state index contributed by atoms with van der Waals surface area (Å²) in [5.74, 6) is 2.22. The molecule has 0 saturated heterocycles. The maximum absolute atomic E-state index is 10.3. The fourth-order valence-corrected chi connectivity index (χ4v) is 3.58. The molecule has 2 N–H and O–H groups in total. The highest BCUT2D eigenvalue weighted by molar-refractivity contribution is 5.94. The zero-order chi connectivity index (χ0) is 19.1. The Kier molecular flexibility index (Phi) is 4.11. The van der Waals surface area contributed by atoms with Crippen LogP contribution in [0.15, 0.2) is 36.2 Å². The molecule has 1 aliphatic rings. The van der Waals surface area contributed by atoms with Crippen molar-refractivity contribution in [3.8, 4) is 17.2 Å². The smallest absolute Gasteiger partial charge is 0.162 e. The first-order chi connectivity index (χ1) is 13.0. The Balaban J connectivity index is 1.82. The van der Waals surface area contributed by atoms with Crippen LogP contribution in [0.4, 0.5) is 11.5 Å². The number of fused-ring (bicyclic) bond motifs is 2. The number of rotatable bonds is 4. The first-order valence-electron chi connectivity index (χ1n) is 8.68. The summed E-state index contributed by atoms with van der Waals surface area (Å²) in [7, 11) is 3.20. The third-order valence-electron chi connectivity index (χ3n) is 5.14. The number of anilines is 2. The zero-order valence-electron chi connectivity index (χ0n) is 15.8. The molecule has 1 aliphatic carbocycles. The largest absolute Gasteiger partial charge is 0.507 e. The minimum absolute atomic E-state index is 0.309. The number of allylic oxidation sites excluding steroid dienone is 2. The van der Waals surface area contributed by atoms with E-state index >= 15 is 0 Å². The van der Waals surface area contributed by atoms with Gasteiger partial charge in [0.25, 0.3) is 0 Å². The number of nitrogens with one attached hydrogen (secondary N) is 1. The van der Waals surface area contributed by atoms with E-state index in [0.29, 0.717) is 23.1 Å². The second kappa shape index (κ2) is 6.46. The van der Waals surface area contributed by atoms with Crippen molar-refractivity contribution < 1.29 is 14.6 Å². The lowest BCUT2D eigenvalue weighted by molar-refractivity contribution is 0.356. The van der Waals surface area contributed by atoms with Crippen LogP contribution in [0.5, 0.6) is 17.2 Å². The number of hydrogen-bond donors (Lipinski definition) is 2. The average molecular weight is 363 g/mol. The predicted molar refractivity (Wildman–Crippen MR) is 106 cm³/mol. The van der Waals surface area contributed by atoms with Crippen LogP contribution >= 0.6 is 0 Å². The summed E-state index contributed by atoms with van der Waals surface area (Å²) in [6.45, 7) is 4.14. The lowest BCUT2D eigenvalue weighted by Gasteiger charge is -2.15. The van der Waals surface area contributed by atoms with E-state index in [0.717, 1.165) is 39.7 Å². The second-order valence-electron chi connectivity index (χ2n) is 6.64. The first-order valence-corrected chi connectivity index (χ1v) is 8.68. The Hall–Kier alpha value is -3.28. The number of methoxy groups -OCH3 is 2. The van der Waals surface area contributed by atoms with E-state index in [4.69, 9.17) is 9.47 Å². The highest BCUT2D eigenvalue weighted by Crippen LogP contribution is 2.43. The lowest BCUT2D eigenvalue weighted by Crippen LogP contribution is -2.01. The minimum Gasteiger partial charge on any atom is -0.507 e. The fourth-order valence-electron chi connectivity index (χ4n) is 3.58. The molecule has 27 heavy (non-hydrogen) atoms. The number of phenolic OH excluding ortho intramolecular Hbond substituents is 1. The zero-order valence-corrected chi connectivity index (χ0v) is 15.8. The number of benzene rings is 2. The van der Waals surface area contributed by atoms with Crippen LogP contribution in [-0.2, 0) is 6.42 Å². The monoisotopic (exact) mass is 363 g/mol. The van der Waals surface area contributed by atoms with Crippen LogP contribution in [0.2, 0.25) is 0 Å². The van der Waals surface area contributed by atoms with E-state index < -0.39 is 0 Å². The maximum Gasteiger partial charge on any atom is 0.162 e. The van der Waals surface area contributed by atoms with E-state index in [1.807, 2.05) is 25.1 Å². The van der Waals surface area contributed by atoms with Crippen LogP contribution in [0.1, 0.15) is 25.0 Å². The van der Waals surface area contributed by atoms with Gasteiger partial charge in [0.05, 0.1) is 19.7 Å². The van der Waals surface area contributed by atoms with Crippen LogP contribution in [-0.4, -0.2) is 29.3 Å². The molecule has 0 amide bonds. The maximum atomic E-state index is 10.3. The minimum atomic E-state index is 0.309.